The van der Waals surface area contributed by atoms with Gasteiger partial charge < -0.3 is 0 Å². The van der Waals surface area contributed by atoms with Crippen LogP contribution in [0.2, 0.25) is 0 Å². The Balaban J connectivity index is 2.92. The molecule has 0 N–H and O–H groups in total. The molecule has 1 radical (unpaired) electrons. The first-order valence-electron chi connectivity index (χ1n) is 5.02. The van der Waals surface area contributed by atoms with Crippen molar-refractivity contribution in [1.82, 2.24) is 0 Å². The third kappa shape index (κ3) is 10.1. The molecule has 0 saturated carbocycles. The fourth-order valence-electron chi connectivity index (χ4n) is 1.10. The normalized spacial score (nSPS) is 11.2. The SMILES string of the molecule is CCCCCCC=CCC[CH]S. The second-order valence-electron chi connectivity index (χ2n) is 3.08. The number of allylic oxidation sites excluding steroid dienone is 2. The summed E-state index contributed by atoms with van der Waals surface area (Å²) in [6.45, 7) is 2.25. The van der Waals surface area contributed by atoms with E-state index in [1.165, 1.54) is 32.1 Å². The van der Waals surface area contributed by atoms with Crippen molar-refractivity contribution in [3.05, 3.63) is 17.9 Å². The molecule has 12 heavy (non-hydrogen) atoms. The lowest BCUT2D eigenvalue weighted by molar-refractivity contribution is 0.674. The van der Waals surface area contributed by atoms with Crippen molar-refractivity contribution in [2.75, 3.05) is 0 Å². The van der Waals surface area contributed by atoms with Crippen LogP contribution in [0.15, 0.2) is 12.2 Å². The summed E-state index contributed by atoms with van der Waals surface area (Å²) in [4.78, 5) is 0. The van der Waals surface area contributed by atoms with Crippen LogP contribution in [0.3, 0.4) is 0 Å². The summed E-state index contributed by atoms with van der Waals surface area (Å²) in [6, 6.07) is 0. The lowest BCUT2D eigenvalue weighted by Crippen LogP contribution is -1.73. The average molecular weight is 185 g/mol. The smallest absolute Gasteiger partial charge is 0.0136 e. The van der Waals surface area contributed by atoms with Crippen molar-refractivity contribution in [2.45, 2.75) is 51.9 Å². The minimum absolute atomic E-state index is 1.09. The molecule has 0 aliphatic carbocycles. The van der Waals surface area contributed by atoms with Crippen LogP contribution in [0.25, 0.3) is 0 Å². The van der Waals surface area contributed by atoms with E-state index in [-0.39, 0.29) is 0 Å². The molecule has 0 nitrogen and oxygen atoms in total. The van der Waals surface area contributed by atoms with Gasteiger partial charge in [0.05, 0.1) is 0 Å². The molecule has 0 unspecified atom stereocenters. The van der Waals surface area contributed by atoms with Gasteiger partial charge in [-0.15, -0.1) is 0 Å². The Bertz CT molecular complexity index is 97.2. The summed E-state index contributed by atoms with van der Waals surface area (Å²) in [5.74, 6) is 1.92. The number of hydrogen-bond donors (Lipinski definition) is 1. The molecule has 0 spiro atoms. The lowest BCUT2D eigenvalue weighted by Gasteiger charge is -1.93. The molecule has 1 heteroatoms. The Hall–Kier alpha value is 0.0900. The van der Waals surface area contributed by atoms with E-state index in [2.05, 4.69) is 31.7 Å². The van der Waals surface area contributed by atoms with Gasteiger partial charge in [-0.3, -0.25) is 0 Å². The highest BCUT2D eigenvalue weighted by molar-refractivity contribution is 7.82. The van der Waals surface area contributed by atoms with Gasteiger partial charge in [-0.25, -0.2) is 0 Å². The van der Waals surface area contributed by atoms with E-state index >= 15 is 0 Å². The molecule has 0 fully saturated rings. The maximum Gasteiger partial charge on any atom is 0.0136 e. The summed E-state index contributed by atoms with van der Waals surface area (Å²) in [5.41, 5.74) is 0. The van der Waals surface area contributed by atoms with Crippen molar-refractivity contribution in [1.29, 1.82) is 0 Å². The Labute approximate surface area is 82.9 Å². The van der Waals surface area contributed by atoms with Gasteiger partial charge in [0.15, 0.2) is 0 Å². The van der Waals surface area contributed by atoms with Gasteiger partial charge in [-0.2, -0.15) is 12.6 Å². The molecule has 0 aromatic rings. The molecule has 0 saturated heterocycles. The van der Waals surface area contributed by atoms with Gasteiger partial charge in [0, 0.05) is 5.75 Å². The van der Waals surface area contributed by atoms with E-state index in [4.69, 9.17) is 0 Å². The van der Waals surface area contributed by atoms with Crippen LogP contribution in [0, 0.1) is 5.75 Å². The van der Waals surface area contributed by atoms with Gasteiger partial charge in [0.25, 0.3) is 0 Å². The van der Waals surface area contributed by atoms with Crippen LogP contribution in [0.4, 0.5) is 0 Å². The molecule has 0 rings (SSSR count). The third-order valence-corrected chi connectivity index (χ3v) is 2.11. The van der Waals surface area contributed by atoms with Crippen molar-refractivity contribution in [3.63, 3.8) is 0 Å². The highest BCUT2D eigenvalue weighted by Crippen LogP contribution is 2.04. The molecule has 71 valence electrons. The minimum atomic E-state index is 1.09. The molecule has 0 heterocycles. The Morgan fingerprint density at radius 3 is 2.33 bits per heavy atom. The number of thiol groups is 1. The van der Waals surface area contributed by atoms with E-state index in [1.807, 2.05) is 5.75 Å². The quantitative estimate of drug-likeness (QED) is 0.324. The molecule has 0 aromatic heterocycles. The van der Waals surface area contributed by atoms with Crippen molar-refractivity contribution in [2.24, 2.45) is 0 Å². The highest BCUT2D eigenvalue weighted by Gasteiger charge is 1.84. The zero-order valence-electron chi connectivity index (χ0n) is 8.13. The topological polar surface area (TPSA) is 0 Å². The number of hydrogen-bond acceptors (Lipinski definition) is 1. The van der Waals surface area contributed by atoms with Gasteiger partial charge >= 0.3 is 0 Å². The van der Waals surface area contributed by atoms with Crippen LogP contribution in [0.1, 0.15) is 51.9 Å². The van der Waals surface area contributed by atoms with E-state index in [0.717, 1.165) is 12.8 Å². The lowest BCUT2D eigenvalue weighted by atomic mass is 10.1. The fraction of sp³-hybridized carbons (Fsp3) is 0.727. The zero-order chi connectivity index (χ0) is 9.07. The molecule has 0 aromatic carbocycles. The summed E-state index contributed by atoms with van der Waals surface area (Å²) in [6.07, 6.45) is 13.5. The van der Waals surface area contributed by atoms with Crippen molar-refractivity contribution >= 4 is 12.6 Å². The van der Waals surface area contributed by atoms with Gasteiger partial charge in [0.1, 0.15) is 0 Å². The first-order valence-corrected chi connectivity index (χ1v) is 5.54. The summed E-state index contributed by atoms with van der Waals surface area (Å²) in [7, 11) is 0. The van der Waals surface area contributed by atoms with E-state index in [0.29, 0.717) is 0 Å². The second kappa shape index (κ2) is 11.1. The molecule has 0 aliphatic rings. The Morgan fingerprint density at radius 1 is 0.917 bits per heavy atom. The summed E-state index contributed by atoms with van der Waals surface area (Å²) < 4.78 is 0. The molecule has 0 aliphatic heterocycles. The zero-order valence-corrected chi connectivity index (χ0v) is 9.02. The van der Waals surface area contributed by atoms with Crippen LogP contribution in [-0.2, 0) is 0 Å². The molecular weight excluding hydrogens is 164 g/mol. The van der Waals surface area contributed by atoms with Gasteiger partial charge in [0.2, 0.25) is 0 Å². The fourth-order valence-corrected chi connectivity index (χ4v) is 1.24. The molecule has 0 bridgehead atoms. The average Bonchev–Trinajstić information content (AvgIpc) is 2.10. The monoisotopic (exact) mass is 185 g/mol. The first kappa shape index (κ1) is 12.1. The molecular formula is C11H21S. The van der Waals surface area contributed by atoms with Crippen LogP contribution >= 0.6 is 12.6 Å². The van der Waals surface area contributed by atoms with Crippen molar-refractivity contribution < 1.29 is 0 Å². The predicted molar refractivity (Wildman–Crippen MR) is 60.4 cm³/mol. The van der Waals surface area contributed by atoms with Crippen molar-refractivity contribution in [3.8, 4) is 0 Å². The largest absolute Gasteiger partial charge is 0.175 e. The standard InChI is InChI=1S/C11H21S/c1-2-3-4-5-6-7-8-9-10-11-12/h7-8,11-12H,2-6,9-10H2,1H3. The second-order valence-corrected chi connectivity index (χ2v) is 3.45. The Morgan fingerprint density at radius 2 is 1.67 bits per heavy atom. The van der Waals surface area contributed by atoms with E-state index in [9.17, 15) is 0 Å². The highest BCUT2D eigenvalue weighted by atomic mass is 32.1. The Kier molecular flexibility index (Phi) is 11.2. The number of unbranched alkanes of at least 4 members (excludes halogenated alkanes) is 5. The number of rotatable bonds is 8. The molecule has 0 atom stereocenters. The van der Waals surface area contributed by atoms with E-state index < -0.39 is 0 Å². The minimum Gasteiger partial charge on any atom is -0.175 e. The van der Waals surface area contributed by atoms with Gasteiger partial charge in [-0.1, -0.05) is 38.3 Å². The summed E-state index contributed by atoms with van der Waals surface area (Å²) >= 11 is 4.03. The third-order valence-electron chi connectivity index (χ3n) is 1.85. The van der Waals surface area contributed by atoms with Crippen LogP contribution in [0.5, 0.6) is 0 Å². The maximum absolute atomic E-state index is 4.03. The first-order chi connectivity index (χ1) is 5.91. The summed E-state index contributed by atoms with van der Waals surface area (Å²) in [5, 5.41) is 0. The van der Waals surface area contributed by atoms with Crippen LogP contribution < -0.4 is 0 Å². The molecule has 0 amide bonds. The predicted octanol–water partition coefficient (Wildman–Crippen LogP) is 4.38. The maximum atomic E-state index is 4.03. The van der Waals surface area contributed by atoms with E-state index in [1.54, 1.807) is 0 Å². The van der Waals surface area contributed by atoms with Gasteiger partial charge in [-0.05, 0) is 25.7 Å². The van der Waals surface area contributed by atoms with Crippen LogP contribution in [-0.4, -0.2) is 0 Å².